The third-order valence-corrected chi connectivity index (χ3v) is 5.88. The molecule has 0 nitrogen and oxygen atoms in total. The molecule has 0 N–H and O–H groups in total. The lowest BCUT2D eigenvalue weighted by molar-refractivity contribution is 0.531. The zero-order valence-electron chi connectivity index (χ0n) is 15.5. The highest BCUT2D eigenvalue weighted by Crippen LogP contribution is 2.14. The van der Waals surface area contributed by atoms with E-state index in [4.69, 9.17) is 0 Å². The summed E-state index contributed by atoms with van der Waals surface area (Å²) in [6.45, 7) is 7.18. The molecule has 0 atom stereocenters. The Balaban J connectivity index is 2.93. The number of unbranched alkanes of at least 4 members (excludes halogenated alkanes) is 15. The van der Waals surface area contributed by atoms with Crippen LogP contribution >= 0.6 is 0 Å². The van der Waals surface area contributed by atoms with Crippen LogP contribution in [-0.2, 0) is 0 Å². The van der Waals surface area contributed by atoms with Crippen molar-refractivity contribution >= 4 is 8.80 Å². The van der Waals surface area contributed by atoms with E-state index in [1.165, 1.54) is 109 Å². The first-order valence-corrected chi connectivity index (χ1v) is 12.8. The monoisotopic (exact) mass is 311 g/mol. The molecule has 0 heterocycles. The van der Waals surface area contributed by atoms with Crippen LogP contribution in [0.4, 0.5) is 0 Å². The second-order valence-corrected chi connectivity index (χ2v) is 10.2. The van der Waals surface area contributed by atoms with E-state index in [9.17, 15) is 0 Å². The average molecular weight is 312 g/mol. The van der Waals surface area contributed by atoms with Crippen LogP contribution in [0, 0.1) is 0 Å². The molecule has 0 saturated heterocycles. The van der Waals surface area contributed by atoms with Gasteiger partial charge in [-0.2, -0.15) is 0 Å². The molecular formula is C20H43Si+. The quantitative estimate of drug-likeness (QED) is 0.188. The summed E-state index contributed by atoms with van der Waals surface area (Å²) in [5, 5.41) is 0. The third kappa shape index (κ3) is 20.2. The van der Waals surface area contributed by atoms with Crippen molar-refractivity contribution in [2.24, 2.45) is 0 Å². The van der Waals surface area contributed by atoms with Crippen LogP contribution in [-0.4, -0.2) is 8.80 Å². The van der Waals surface area contributed by atoms with Crippen molar-refractivity contribution in [3.8, 4) is 0 Å². The minimum atomic E-state index is 0.0467. The topological polar surface area (TPSA) is 0 Å². The van der Waals surface area contributed by atoms with Gasteiger partial charge in [0.05, 0.1) is 19.1 Å². The Hall–Kier alpha value is 0.217. The Bertz CT molecular complexity index is 177. The molecule has 0 amide bonds. The molecule has 0 saturated carbocycles. The van der Waals surface area contributed by atoms with Crippen molar-refractivity contribution in [2.75, 3.05) is 0 Å². The van der Waals surface area contributed by atoms with Crippen LogP contribution in [0.1, 0.15) is 110 Å². The molecule has 0 bridgehead atoms. The van der Waals surface area contributed by atoms with E-state index in [-0.39, 0.29) is 8.80 Å². The molecule has 0 spiro atoms. The van der Waals surface area contributed by atoms with E-state index in [1.807, 2.05) is 0 Å². The van der Waals surface area contributed by atoms with Crippen molar-refractivity contribution < 1.29 is 0 Å². The van der Waals surface area contributed by atoms with E-state index in [0.717, 1.165) is 0 Å². The second kappa shape index (κ2) is 18.3. The molecule has 0 aliphatic carbocycles. The summed E-state index contributed by atoms with van der Waals surface area (Å²) in [4.78, 5) is 0. The maximum atomic E-state index is 2.44. The van der Waals surface area contributed by atoms with E-state index >= 15 is 0 Å². The highest BCUT2D eigenvalue weighted by Gasteiger charge is 2.08. The van der Waals surface area contributed by atoms with Crippen molar-refractivity contribution in [1.82, 2.24) is 0 Å². The van der Waals surface area contributed by atoms with E-state index < -0.39 is 0 Å². The molecule has 0 aromatic rings. The number of hydrogen-bond donors (Lipinski definition) is 0. The van der Waals surface area contributed by atoms with Gasteiger partial charge in [0.2, 0.25) is 0 Å². The molecule has 0 radical (unpaired) electrons. The number of rotatable bonds is 17. The highest BCUT2D eigenvalue weighted by molar-refractivity contribution is 6.55. The van der Waals surface area contributed by atoms with Crippen LogP contribution in [0.3, 0.4) is 0 Å². The molecule has 0 aliphatic heterocycles. The molecule has 0 aromatic heterocycles. The predicted octanol–water partition coefficient (Wildman–Crippen LogP) is 8.00. The summed E-state index contributed by atoms with van der Waals surface area (Å²) in [6, 6.07) is 1.53. The summed E-state index contributed by atoms with van der Waals surface area (Å²) in [5.41, 5.74) is 0. The van der Waals surface area contributed by atoms with Crippen molar-refractivity contribution in [1.29, 1.82) is 0 Å². The van der Waals surface area contributed by atoms with Crippen LogP contribution in [0.2, 0.25) is 19.1 Å². The summed E-state index contributed by atoms with van der Waals surface area (Å²) in [7, 11) is 0.0467. The lowest BCUT2D eigenvalue weighted by Crippen LogP contribution is -1.97. The zero-order valence-corrected chi connectivity index (χ0v) is 16.5. The van der Waals surface area contributed by atoms with Gasteiger partial charge in [0.1, 0.15) is 0 Å². The van der Waals surface area contributed by atoms with Crippen molar-refractivity contribution in [2.45, 2.75) is 129 Å². The van der Waals surface area contributed by atoms with Gasteiger partial charge in [0.25, 0.3) is 0 Å². The number of hydrogen-bond acceptors (Lipinski definition) is 0. The Labute approximate surface area is 138 Å². The fourth-order valence-electron chi connectivity index (χ4n) is 3.03. The average Bonchev–Trinajstić information content (AvgIpc) is 2.46. The van der Waals surface area contributed by atoms with Crippen LogP contribution in [0.15, 0.2) is 0 Å². The van der Waals surface area contributed by atoms with Gasteiger partial charge in [-0.15, -0.1) is 0 Å². The first-order chi connectivity index (χ1) is 10.3. The second-order valence-electron chi connectivity index (χ2n) is 7.26. The molecule has 0 aromatic carbocycles. The lowest BCUT2D eigenvalue weighted by Gasteiger charge is -2.03. The molecule has 0 rings (SSSR count). The smallest absolute Gasteiger partial charge is 0.0654 e. The van der Waals surface area contributed by atoms with Gasteiger partial charge in [0.15, 0.2) is 0 Å². The Kier molecular flexibility index (Phi) is 18.5. The normalized spacial score (nSPS) is 11.0. The van der Waals surface area contributed by atoms with Crippen molar-refractivity contribution in [3.63, 3.8) is 0 Å². The van der Waals surface area contributed by atoms with E-state index in [1.54, 1.807) is 0 Å². The molecule has 0 unspecified atom stereocenters. The molecule has 21 heavy (non-hydrogen) atoms. The van der Waals surface area contributed by atoms with Gasteiger partial charge in [-0.3, -0.25) is 0 Å². The highest BCUT2D eigenvalue weighted by atomic mass is 28.3. The molecule has 0 fully saturated rings. The van der Waals surface area contributed by atoms with Gasteiger partial charge in [-0.05, 0) is 6.42 Å². The van der Waals surface area contributed by atoms with Gasteiger partial charge in [-0.1, -0.05) is 103 Å². The third-order valence-electron chi connectivity index (χ3n) is 4.53. The summed E-state index contributed by atoms with van der Waals surface area (Å²) >= 11 is 0. The largest absolute Gasteiger partial charge is 0.307 e. The first-order valence-electron chi connectivity index (χ1n) is 10.1. The fraction of sp³-hybridized carbons (Fsp3) is 1.00. The Morgan fingerprint density at radius 1 is 0.429 bits per heavy atom. The van der Waals surface area contributed by atoms with Gasteiger partial charge in [-0.25, -0.2) is 0 Å². The van der Waals surface area contributed by atoms with Gasteiger partial charge >= 0.3 is 8.80 Å². The van der Waals surface area contributed by atoms with Crippen LogP contribution in [0.25, 0.3) is 0 Å². The van der Waals surface area contributed by atoms with Crippen LogP contribution in [0.5, 0.6) is 0 Å². The molecule has 126 valence electrons. The van der Waals surface area contributed by atoms with Crippen molar-refractivity contribution in [3.05, 3.63) is 0 Å². The maximum Gasteiger partial charge on any atom is 0.307 e. The molecular weight excluding hydrogens is 268 g/mol. The van der Waals surface area contributed by atoms with Gasteiger partial charge < -0.3 is 0 Å². The molecule has 1 heteroatoms. The lowest BCUT2D eigenvalue weighted by atomic mass is 10.0. The van der Waals surface area contributed by atoms with E-state index in [0.29, 0.717) is 0 Å². The SMILES string of the molecule is CCCCCCCCCCCCCCCCCC[Si+](C)C. The zero-order chi connectivity index (χ0) is 15.6. The minimum absolute atomic E-state index is 0.0467. The predicted molar refractivity (Wildman–Crippen MR) is 102 cm³/mol. The molecule has 0 aliphatic rings. The summed E-state index contributed by atoms with van der Waals surface area (Å²) in [6.07, 6.45) is 23.7. The Morgan fingerprint density at radius 2 is 0.714 bits per heavy atom. The minimum Gasteiger partial charge on any atom is -0.0654 e. The fourth-order valence-corrected chi connectivity index (χ4v) is 3.98. The van der Waals surface area contributed by atoms with Gasteiger partial charge in [0, 0.05) is 0 Å². The standard InChI is InChI=1S/C20H43Si/c1-4-5-6-7-8-9-10-11-12-13-14-15-16-17-18-19-20-21(2)3/h4-20H2,1-3H3/q+1. The Morgan fingerprint density at radius 3 is 1.00 bits per heavy atom. The summed E-state index contributed by atoms with van der Waals surface area (Å²) < 4.78 is 0. The first kappa shape index (κ1) is 21.2. The van der Waals surface area contributed by atoms with Crippen LogP contribution < -0.4 is 0 Å². The maximum absolute atomic E-state index is 2.44. The summed E-state index contributed by atoms with van der Waals surface area (Å²) in [5.74, 6) is 0. The van der Waals surface area contributed by atoms with E-state index in [2.05, 4.69) is 20.0 Å².